The van der Waals surface area contributed by atoms with E-state index in [1.165, 1.54) is 44.2 Å². The smallest absolute Gasteiger partial charge is 0.126 e. The molecule has 0 radical (unpaired) electrons. The molecule has 3 heteroatoms. The quantitative estimate of drug-likeness (QED) is 0.841. The normalized spacial score (nSPS) is 20.2. The maximum atomic E-state index is 13.2. The second kappa shape index (κ2) is 6.00. The van der Waals surface area contributed by atoms with E-state index in [2.05, 4.69) is 12.2 Å². The predicted molar refractivity (Wildman–Crippen MR) is 74.0 cm³/mol. The van der Waals surface area contributed by atoms with Gasteiger partial charge in [-0.15, -0.1) is 0 Å². The maximum Gasteiger partial charge on any atom is 0.126 e. The lowest BCUT2D eigenvalue weighted by atomic mass is 9.75. The Bertz CT molecular complexity index is 405. The fourth-order valence-electron chi connectivity index (χ4n) is 2.92. The van der Waals surface area contributed by atoms with E-state index in [1.807, 2.05) is 6.92 Å². The van der Waals surface area contributed by atoms with Crippen molar-refractivity contribution in [3.05, 3.63) is 35.4 Å². The highest BCUT2D eigenvalue weighted by atomic mass is 19.1. The molecule has 0 amide bonds. The van der Waals surface area contributed by atoms with Crippen molar-refractivity contribution in [2.24, 2.45) is 5.41 Å². The van der Waals surface area contributed by atoms with Crippen LogP contribution in [0.4, 0.5) is 8.78 Å². The second-order valence-electron chi connectivity index (χ2n) is 6.18. The van der Waals surface area contributed by atoms with Crippen LogP contribution < -0.4 is 5.32 Å². The first-order valence-corrected chi connectivity index (χ1v) is 7.18. The molecule has 1 saturated carbocycles. The van der Waals surface area contributed by atoms with Gasteiger partial charge in [0.05, 0.1) is 0 Å². The lowest BCUT2D eigenvalue weighted by molar-refractivity contribution is 0.202. The first-order valence-electron chi connectivity index (χ1n) is 7.18. The van der Waals surface area contributed by atoms with Crippen molar-refractivity contribution in [3.8, 4) is 0 Å². The number of benzene rings is 1. The Morgan fingerprint density at radius 3 is 2.26 bits per heavy atom. The van der Waals surface area contributed by atoms with Crippen LogP contribution in [-0.4, -0.2) is 6.54 Å². The maximum absolute atomic E-state index is 13.2. The molecular weight excluding hydrogens is 244 g/mol. The molecule has 1 fully saturated rings. The summed E-state index contributed by atoms with van der Waals surface area (Å²) in [6.45, 7) is 5.17. The van der Waals surface area contributed by atoms with Crippen molar-refractivity contribution in [3.63, 3.8) is 0 Å². The molecule has 1 aromatic carbocycles. The summed E-state index contributed by atoms with van der Waals surface area (Å²) in [5.74, 6) is -1.01. The van der Waals surface area contributed by atoms with Crippen molar-refractivity contribution in [1.82, 2.24) is 5.32 Å². The van der Waals surface area contributed by atoms with E-state index in [1.54, 1.807) is 0 Å². The monoisotopic (exact) mass is 267 g/mol. The fraction of sp³-hybridized carbons (Fsp3) is 0.625. The van der Waals surface area contributed by atoms with Gasteiger partial charge in [-0.3, -0.25) is 0 Å². The molecule has 0 spiro atoms. The summed E-state index contributed by atoms with van der Waals surface area (Å²) in [4.78, 5) is 0. The Kier molecular flexibility index (Phi) is 4.56. The SMILES string of the molecule is CC(NCC1(C)CCCCC1)c1cc(F)cc(F)c1. The van der Waals surface area contributed by atoms with Crippen molar-refractivity contribution in [2.45, 2.75) is 52.0 Å². The molecule has 1 unspecified atom stereocenters. The van der Waals surface area contributed by atoms with Gasteiger partial charge in [-0.1, -0.05) is 26.2 Å². The topological polar surface area (TPSA) is 12.0 Å². The Labute approximate surface area is 114 Å². The van der Waals surface area contributed by atoms with Crippen LogP contribution in [-0.2, 0) is 0 Å². The summed E-state index contributed by atoms with van der Waals surface area (Å²) in [6, 6.07) is 3.70. The van der Waals surface area contributed by atoms with E-state index in [0.29, 0.717) is 11.0 Å². The predicted octanol–water partition coefficient (Wildman–Crippen LogP) is 4.59. The second-order valence-corrected chi connectivity index (χ2v) is 6.18. The van der Waals surface area contributed by atoms with E-state index in [9.17, 15) is 8.78 Å². The highest BCUT2D eigenvalue weighted by molar-refractivity contribution is 5.20. The van der Waals surface area contributed by atoms with Gasteiger partial charge in [0.25, 0.3) is 0 Å². The van der Waals surface area contributed by atoms with Crippen LogP contribution in [0.1, 0.15) is 57.6 Å². The van der Waals surface area contributed by atoms with E-state index in [4.69, 9.17) is 0 Å². The Balaban J connectivity index is 1.95. The van der Waals surface area contributed by atoms with E-state index >= 15 is 0 Å². The molecule has 1 atom stereocenters. The number of nitrogens with one attached hydrogen (secondary N) is 1. The summed E-state index contributed by atoms with van der Waals surface area (Å²) < 4.78 is 26.4. The molecule has 1 aliphatic carbocycles. The molecule has 1 aromatic rings. The van der Waals surface area contributed by atoms with Crippen LogP contribution >= 0.6 is 0 Å². The molecule has 1 N–H and O–H groups in total. The van der Waals surface area contributed by atoms with E-state index in [0.717, 1.165) is 12.6 Å². The average molecular weight is 267 g/mol. The number of rotatable bonds is 4. The third kappa shape index (κ3) is 4.00. The third-order valence-electron chi connectivity index (χ3n) is 4.28. The molecule has 0 aromatic heterocycles. The van der Waals surface area contributed by atoms with Gasteiger partial charge < -0.3 is 5.32 Å². The number of hydrogen-bond acceptors (Lipinski definition) is 1. The van der Waals surface area contributed by atoms with Gasteiger partial charge in [0, 0.05) is 18.7 Å². The molecule has 0 bridgehead atoms. The number of hydrogen-bond donors (Lipinski definition) is 1. The first kappa shape index (κ1) is 14.4. The Morgan fingerprint density at radius 2 is 1.68 bits per heavy atom. The van der Waals surface area contributed by atoms with Crippen LogP contribution in [0.2, 0.25) is 0 Å². The van der Waals surface area contributed by atoms with Gasteiger partial charge in [0.2, 0.25) is 0 Å². The van der Waals surface area contributed by atoms with Crippen LogP contribution in [0.15, 0.2) is 18.2 Å². The van der Waals surface area contributed by atoms with Gasteiger partial charge in [0.1, 0.15) is 11.6 Å². The highest BCUT2D eigenvalue weighted by Crippen LogP contribution is 2.35. The zero-order valence-electron chi connectivity index (χ0n) is 11.8. The summed E-state index contributed by atoms with van der Waals surface area (Å²) in [5.41, 5.74) is 1.01. The summed E-state index contributed by atoms with van der Waals surface area (Å²) >= 11 is 0. The van der Waals surface area contributed by atoms with Crippen LogP contribution in [0, 0.1) is 17.0 Å². The van der Waals surface area contributed by atoms with Gasteiger partial charge in [-0.05, 0) is 42.9 Å². The van der Waals surface area contributed by atoms with E-state index in [-0.39, 0.29) is 6.04 Å². The van der Waals surface area contributed by atoms with Crippen LogP contribution in [0.25, 0.3) is 0 Å². The zero-order chi connectivity index (χ0) is 13.9. The molecule has 19 heavy (non-hydrogen) atoms. The van der Waals surface area contributed by atoms with Gasteiger partial charge >= 0.3 is 0 Å². The molecule has 106 valence electrons. The summed E-state index contributed by atoms with van der Waals surface area (Å²) in [5, 5.41) is 3.43. The van der Waals surface area contributed by atoms with Crippen molar-refractivity contribution < 1.29 is 8.78 Å². The largest absolute Gasteiger partial charge is 0.310 e. The van der Waals surface area contributed by atoms with Gasteiger partial charge in [-0.2, -0.15) is 0 Å². The molecule has 1 aliphatic rings. The lowest BCUT2D eigenvalue weighted by Crippen LogP contribution is -2.35. The lowest BCUT2D eigenvalue weighted by Gasteiger charge is -2.35. The number of halogens is 2. The molecule has 1 nitrogen and oxygen atoms in total. The highest BCUT2D eigenvalue weighted by Gasteiger charge is 2.27. The average Bonchev–Trinajstić information content (AvgIpc) is 2.36. The van der Waals surface area contributed by atoms with Crippen LogP contribution in [0.5, 0.6) is 0 Å². The van der Waals surface area contributed by atoms with Crippen molar-refractivity contribution in [2.75, 3.05) is 6.54 Å². The zero-order valence-corrected chi connectivity index (χ0v) is 11.8. The standard InChI is InChI=1S/C16H23F2N/c1-12(13-8-14(17)10-15(18)9-13)19-11-16(2)6-4-3-5-7-16/h8-10,12,19H,3-7,11H2,1-2H3. The fourth-order valence-corrected chi connectivity index (χ4v) is 2.92. The minimum absolute atomic E-state index is 0.0241. The van der Waals surface area contributed by atoms with Crippen LogP contribution in [0.3, 0.4) is 0 Å². The molecular formula is C16H23F2N. The van der Waals surface area contributed by atoms with Gasteiger partial charge in [0.15, 0.2) is 0 Å². The van der Waals surface area contributed by atoms with E-state index < -0.39 is 11.6 Å². The first-order chi connectivity index (χ1) is 8.98. The molecule has 2 rings (SSSR count). The van der Waals surface area contributed by atoms with Crippen molar-refractivity contribution >= 4 is 0 Å². The third-order valence-corrected chi connectivity index (χ3v) is 4.28. The molecule has 0 aliphatic heterocycles. The van der Waals surface area contributed by atoms with Crippen molar-refractivity contribution in [1.29, 1.82) is 0 Å². The summed E-state index contributed by atoms with van der Waals surface area (Å²) in [6.07, 6.45) is 6.40. The molecule has 0 saturated heterocycles. The minimum atomic E-state index is -0.507. The Morgan fingerprint density at radius 1 is 1.11 bits per heavy atom. The minimum Gasteiger partial charge on any atom is -0.310 e. The molecule has 0 heterocycles. The van der Waals surface area contributed by atoms with Gasteiger partial charge in [-0.25, -0.2) is 8.78 Å². The Hall–Kier alpha value is -0.960. The summed E-state index contributed by atoms with van der Waals surface area (Å²) in [7, 11) is 0.